The molecule has 0 fully saturated rings. The van der Waals surface area contributed by atoms with Crippen molar-refractivity contribution >= 4 is 34.7 Å². The first kappa shape index (κ1) is 14.2. The topological polar surface area (TPSA) is 84.4 Å². The summed E-state index contributed by atoms with van der Waals surface area (Å²) < 4.78 is 9.03. The van der Waals surface area contributed by atoms with Gasteiger partial charge in [0.05, 0.1) is 5.69 Å². The van der Waals surface area contributed by atoms with Crippen molar-refractivity contribution < 1.29 is 14.3 Å². The number of carbonyl (C=O) groups excluding carboxylic acids is 2. The summed E-state index contributed by atoms with van der Waals surface area (Å²) in [6.07, 6.45) is 1.64. The van der Waals surface area contributed by atoms with Crippen molar-refractivity contribution in [2.24, 2.45) is 0 Å². The Kier molecular flexibility index (Phi) is 3.84. The lowest BCUT2D eigenvalue weighted by Gasteiger charge is -2.28. The fourth-order valence-electron chi connectivity index (χ4n) is 2.07. The van der Waals surface area contributed by atoms with E-state index in [0.717, 1.165) is 11.5 Å². The van der Waals surface area contributed by atoms with E-state index in [4.69, 9.17) is 4.74 Å². The highest BCUT2D eigenvalue weighted by Crippen LogP contribution is 2.34. The van der Waals surface area contributed by atoms with E-state index in [1.54, 1.807) is 34.6 Å². The Morgan fingerprint density at radius 2 is 2.41 bits per heavy atom. The van der Waals surface area contributed by atoms with Crippen LogP contribution in [0.2, 0.25) is 0 Å². The SMILES string of the molecule is C=CCN1C(=O)COc2ccc(NC(=O)c3csnn3)cc21. The van der Waals surface area contributed by atoms with Crippen LogP contribution in [0.1, 0.15) is 10.5 Å². The van der Waals surface area contributed by atoms with E-state index < -0.39 is 0 Å². The summed E-state index contributed by atoms with van der Waals surface area (Å²) in [7, 11) is 0. The van der Waals surface area contributed by atoms with Crippen LogP contribution in [0.4, 0.5) is 11.4 Å². The van der Waals surface area contributed by atoms with Crippen molar-refractivity contribution in [3.8, 4) is 5.75 Å². The maximum absolute atomic E-state index is 12.0. The number of anilines is 2. The molecular formula is C14H12N4O3S. The number of ether oxygens (including phenoxy) is 1. The van der Waals surface area contributed by atoms with E-state index >= 15 is 0 Å². The number of hydrogen-bond acceptors (Lipinski definition) is 6. The monoisotopic (exact) mass is 316 g/mol. The fraction of sp³-hybridized carbons (Fsp3) is 0.143. The predicted molar refractivity (Wildman–Crippen MR) is 82.3 cm³/mol. The molecular weight excluding hydrogens is 304 g/mol. The van der Waals surface area contributed by atoms with Gasteiger partial charge in [0.25, 0.3) is 11.8 Å². The summed E-state index contributed by atoms with van der Waals surface area (Å²) in [5.74, 6) is 0.0846. The van der Waals surface area contributed by atoms with Crippen molar-refractivity contribution in [3.63, 3.8) is 0 Å². The molecule has 0 saturated heterocycles. The molecule has 1 aromatic carbocycles. The molecule has 1 aliphatic rings. The molecule has 1 N–H and O–H groups in total. The van der Waals surface area contributed by atoms with Gasteiger partial charge in [0.1, 0.15) is 5.75 Å². The highest BCUT2D eigenvalue weighted by atomic mass is 32.1. The van der Waals surface area contributed by atoms with Crippen molar-refractivity contribution in [2.45, 2.75) is 0 Å². The van der Waals surface area contributed by atoms with Crippen LogP contribution in [0.5, 0.6) is 5.75 Å². The lowest BCUT2D eigenvalue weighted by atomic mass is 10.2. The highest BCUT2D eigenvalue weighted by Gasteiger charge is 2.25. The van der Waals surface area contributed by atoms with Gasteiger partial charge in [-0.3, -0.25) is 9.59 Å². The molecule has 2 aromatic rings. The summed E-state index contributed by atoms with van der Waals surface area (Å²) >= 11 is 1.10. The van der Waals surface area contributed by atoms with E-state index in [2.05, 4.69) is 21.5 Å². The van der Waals surface area contributed by atoms with Crippen LogP contribution in [0.25, 0.3) is 0 Å². The molecule has 0 spiro atoms. The summed E-state index contributed by atoms with van der Waals surface area (Å²) in [5.41, 5.74) is 1.40. The number of carbonyl (C=O) groups is 2. The van der Waals surface area contributed by atoms with E-state index in [-0.39, 0.29) is 24.1 Å². The summed E-state index contributed by atoms with van der Waals surface area (Å²) in [6.45, 7) is 4.02. The number of amides is 2. The Bertz CT molecular complexity index is 730. The third-order valence-corrected chi connectivity index (χ3v) is 3.57. The standard InChI is InChI=1S/C14H12N4O3S/c1-2-5-18-11-6-9(3-4-12(11)21-7-13(18)19)15-14(20)10-8-22-17-16-10/h2-4,6,8H,1,5,7H2,(H,15,20). The second-order valence-corrected chi connectivity index (χ2v) is 5.12. The van der Waals surface area contributed by atoms with Crippen LogP contribution in [-0.4, -0.2) is 34.6 Å². The Morgan fingerprint density at radius 1 is 1.55 bits per heavy atom. The molecule has 7 nitrogen and oxygen atoms in total. The van der Waals surface area contributed by atoms with Crippen molar-refractivity contribution in [1.29, 1.82) is 0 Å². The number of rotatable bonds is 4. The zero-order chi connectivity index (χ0) is 15.5. The summed E-state index contributed by atoms with van der Waals surface area (Å²) in [4.78, 5) is 25.5. The quantitative estimate of drug-likeness (QED) is 0.868. The van der Waals surface area contributed by atoms with Crippen LogP contribution < -0.4 is 15.0 Å². The van der Waals surface area contributed by atoms with Gasteiger partial charge in [-0.05, 0) is 29.7 Å². The van der Waals surface area contributed by atoms with Gasteiger partial charge in [-0.25, -0.2) is 0 Å². The third-order valence-electron chi connectivity index (χ3n) is 3.06. The van der Waals surface area contributed by atoms with Crippen LogP contribution in [-0.2, 0) is 4.79 Å². The smallest absolute Gasteiger partial charge is 0.277 e. The number of nitrogens with zero attached hydrogens (tertiary/aromatic N) is 3. The summed E-state index contributed by atoms with van der Waals surface area (Å²) in [5, 5.41) is 7.99. The minimum atomic E-state index is -0.355. The number of nitrogens with one attached hydrogen (secondary N) is 1. The van der Waals surface area contributed by atoms with Crippen LogP contribution >= 0.6 is 11.5 Å². The number of aromatic nitrogens is 2. The maximum atomic E-state index is 12.0. The highest BCUT2D eigenvalue weighted by molar-refractivity contribution is 7.03. The first-order chi connectivity index (χ1) is 10.7. The molecule has 22 heavy (non-hydrogen) atoms. The molecule has 1 aliphatic heterocycles. The Morgan fingerprint density at radius 3 is 3.14 bits per heavy atom. The second kappa shape index (κ2) is 5.94. The van der Waals surface area contributed by atoms with E-state index in [1.807, 2.05) is 0 Å². The molecule has 3 rings (SSSR count). The Hall–Kier alpha value is -2.74. The van der Waals surface area contributed by atoms with Crippen LogP contribution in [0, 0.1) is 0 Å². The fourth-order valence-corrected chi connectivity index (χ4v) is 2.50. The largest absolute Gasteiger partial charge is 0.482 e. The molecule has 2 heterocycles. The second-order valence-electron chi connectivity index (χ2n) is 4.51. The summed E-state index contributed by atoms with van der Waals surface area (Å²) in [6, 6.07) is 5.11. The van der Waals surface area contributed by atoms with Gasteiger partial charge in [0.15, 0.2) is 12.3 Å². The molecule has 0 atom stereocenters. The molecule has 0 aliphatic carbocycles. The molecule has 0 unspecified atom stereocenters. The van der Waals surface area contributed by atoms with Gasteiger partial charge in [-0.2, -0.15) is 0 Å². The Balaban J connectivity index is 1.87. The van der Waals surface area contributed by atoms with Gasteiger partial charge in [-0.1, -0.05) is 10.6 Å². The predicted octanol–water partition coefficient (Wildman–Crippen LogP) is 1.70. The molecule has 2 amide bonds. The molecule has 0 saturated carbocycles. The molecule has 8 heteroatoms. The first-order valence-electron chi connectivity index (χ1n) is 6.45. The number of benzene rings is 1. The van der Waals surface area contributed by atoms with Crippen molar-refractivity contribution in [1.82, 2.24) is 9.59 Å². The van der Waals surface area contributed by atoms with Gasteiger partial charge in [0.2, 0.25) is 0 Å². The molecule has 0 radical (unpaired) electrons. The normalized spacial score (nSPS) is 13.3. The number of fused-ring (bicyclic) bond motifs is 1. The zero-order valence-corrected chi connectivity index (χ0v) is 12.3. The van der Waals surface area contributed by atoms with Gasteiger partial charge in [-0.15, -0.1) is 11.7 Å². The van der Waals surface area contributed by atoms with Gasteiger partial charge in [0, 0.05) is 17.6 Å². The lowest BCUT2D eigenvalue weighted by molar-refractivity contribution is -0.121. The van der Waals surface area contributed by atoms with Crippen LogP contribution in [0.3, 0.4) is 0 Å². The van der Waals surface area contributed by atoms with E-state index in [9.17, 15) is 9.59 Å². The van der Waals surface area contributed by atoms with Gasteiger partial charge >= 0.3 is 0 Å². The maximum Gasteiger partial charge on any atom is 0.277 e. The lowest BCUT2D eigenvalue weighted by Crippen LogP contribution is -2.38. The minimum absolute atomic E-state index is 0.00294. The number of hydrogen-bond donors (Lipinski definition) is 1. The third kappa shape index (κ3) is 2.68. The average Bonchev–Trinajstić information content (AvgIpc) is 3.05. The van der Waals surface area contributed by atoms with E-state index in [1.165, 1.54) is 0 Å². The zero-order valence-electron chi connectivity index (χ0n) is 11.5. The average molecular weight is 316 g/mol. The molecule has 0 bridgehead atoms. The van der Waals surface area contributed by atoms with Crippen LogP contribution in [0.15, 0.2) is 36.2 Å². The molecule has 112 valence electrons. The van der Waals surface area contributed by atoms with Crippen molar-refractivity contribution in [2.75, 3.05) is 23.4 Å². The van der Waals surface area contributed by atoms with E-state index in [0.29, 0.717) is 23.7 Å². The minimum Gasteiger partial charge on any atom is -0.482 e. The first-order valence-corrected chi connectivity index (χ1v) is 7.29. The van der Waals surface area contributed by atoms with Crippen molar-refractivity contribution in [3.05, 3.63) is 41.9 Å². The molecule has 1 aromatic heterocycles. The Labute approximate surface area is 130 Å². The van der Waals surface area contributed by atoms with Gasteiger partial charge < -0.3 is 15.0 Å².